The Morgan fingerprint density at radius 3 is 1.27 bits per heavy atom. The maximum Gasteiger partial charge on any atom is 0.419 e. The normalized spacial score (nSPS) is 11.9. The third kappa shape index (κ3) is 5.75. The van der Waals surface area contributed by atoms with Crippen LogP contribution >= 0.6 is 0 Å². The molecular weight excluding hydrogens is 752 g/mol. The molecular formula is C52H32F3N5. The largest absolute Gasteiger partial charge is 0.419 e. The molecule has 0 saturated heterocycles. The van der Waals surface area contributed by atoms with Gasteiger partial charge < -0.3 is 9.13 Å². The standard InChI is InChI=1S/C52H32F3N5/c53-52(54,55)48-41(24-15-29-47(48)60-45-27-13-9-22-39(45)40-23-10-14-28-46(40)60)36-31-30-35(59-43-25-11-7-20-37(43)38-21-8-12-26-44(38)59)32-42(36)51-57-49(33-16-3-1-4-17-33)56-50(58-51)34-18-5-2-6-19-34/h1-32H. The molecule has 0 aliphatic carbocycles. The number of hydrogen-bond donors (Lipinski definition) is 0. The van der Waals surface area contributed by atoms with Gasteiger partial charge in [0.05, 0.1) is 33.3 Å². The van der Waals surface area contributed by atoms with Crippen molar-refractivity contribution in [2.45, 2.75) is 6.18 Å². The van der Waals surface area contributed by atoms with E-state index in [4.69, 9.17) is 15.0 Å². The Morgan fingerprint density at radius 2 is 0.783 bits per heavy atom. The zero-order valence-corrected chi connectivity index (χ0v) is 31.8. The van der Waals surface area contributed by atoms with E-state index in [1.54, 1.807) is 28.8 Å². The van der Waals surface area contributed by atoms with Crippen LogP contribution in [0.15, 0.2) is 194 Å². The second-order valence-electron chi connectivity index (χ2n) is 14.7. The summed E-state index contributed by atoms with van der Waals surface area (Å²) in [5.74, 6) is 1.06. The molecule has 286 valence electrons. The van der Waals surface area contributed by atoms with E-state index in [0.29, 0.717) is 33.8 Å². The van der Waals surface area contributed by atoms with Crippen molar-refractivity contribution in [2.24, 2.45) is 0 Å². The fourth-order valence-corrected chi connectivity index (χ4v) is 8.65. The lowest BCUT2D eigenvalue weighted by atomic mass is 9.92. The van der Waals surface area contributed by atoms with E-state index >= 15 is 13.2 Å². The Hall–Kier alpha value is -7.84. The van der Waals surface area contributed by atoms with Gasteiger partial charge in [-0.25, -0.2) is 15.0 Å². The van der Waals surface area contributed by atoms with Gasteiger partial charge in [-0.15, -0.1) is 0 Å². The molecule has 11 aromatic rings. The number of benzene rings is 8. The summed E-state index contributed by atoms with van der Waals surface area (Å²) in [6, 6.07) is 61.0. The number of nitrogens with zero attached hydrogens (tertiary/aromatic N) is 5. The highest BCUT2D eigenvalue weighted by atomic mass is 19.4. The van der Waals surface area contributed by atoms with E-state index in [1.165, 1.54) is 0 Å². The van der Waals surface area contributed by atoms with Gasteiger partial charge in [-0.3, -0.25) is 0 Å². The first kappa shape index (κ1) is 35.3. The molecule has 8 heteroatoms. The van der Waals surface area contributed by atoms with Crippen LogP contribution in [0.2, 0.25) is 0 Å². The molecule has 0 fully saturated rings. The van der Waals surface area contributed by atoms with Gasteiger partial charge in [-0.05, 0) is 53.6 Å². The lowest BCUT2D eigenvalue weighted by Gasteiger charge is -2.22. The average Bonchev–Trinajstić information content (AvgIpc) is 3.82. The topological polar surface area (TPSA) is 48.5 Å². The summed E-state index contributed by atoms with van der Waals surface area (Å²) in [7, 11) is 0. The van der Waals surface area contributed by atoms with Crippen molar-refractivity contribution < 1.29 is 13.2 Å². The Balaban J connectivity index is 1.24. The molecule has 0 amide bonds. The molecule has 0 bridgehead atoms. The molecule has 8 aromatic carbocycles. The third-order valence-electron chi connectivity index (χ3n) is 11.2. The van der Waals surface area contributed by atoms with Crippen LogP contribution in [-0.2, 0) is 6.18 Å². The highest BCUT2D eigenvalue weighted by Gasteiger charge is 2.38. The van der Waals surface area contributed by atoms with E-state index in [-0.39, 0.29) is 17.1 Å². The molecule has 0 unspecified atom stereocenters. The molecule has 0 aliphatic heterocycles. The summed E-state index contributed by atoms with van der Waals surface area (Å²) < 4.78 is 52.1. The van der Waals surface area contributed by atoms with Gasteiger partial charge >= 0.3 is 6.18 Å². The lowest BCUT2D eigenvalue weighted by molar-refractivity contribution is -0.136. The van der Waals surface area contributed by atoms with Gasteiger partial charge in [0.25, 0.3) is 0 Å². The van der Waals surface area contributed by atoms with Crippen LogP contribution in [0.4, 0.5) is 13.2 Å². The number of halogens is 3. The molecule has 0 aliphatic rings. The van der Waals surface area contributed by atoms with Crippen LogP contribution in [0.5, 0.6) is 0 Å². The Kier molecular flexibility index (Phi) is 8.20. The van der Waals surface area contributed by atoms with Crippen LogP contribution in [0.3, 0.4) is 0 Å². The first-order valence-electron chi connectivity index (χ1n) is 19.6. The molecule has 0 saturated carbocycles. The first-order valence-corrected chi connectivity index (χ1v) is 19.6. The van der Waals surface area contributed by atoms with E-state index in [9.17, 15) is 0 Å². The average molecular weight is 784 g/mol. The van der Waals surface area contributed by atoms with Crippen molar-refractivity contribution in [2.75, 3.05) is 0 Å². The maximum atomic E-state index is 16.1. The summed E-state index contributed by atoms with van der Waals surface area (Å²) in [5.41, 5.74) is 5.58. The van der Waals surface area contributed by atoms with Gasteiger partial charge in [0.1, 0.15) is 0 Å². The van der Waals surface area contributed by atoms with Gasteiger partial charge in [0, 0.05) is 43.9 Å². The van der Waals surface area contributed by atoms with Crippen molar-refractivity contribution in [3.63, 3.8) is 0 Å². The molecule has 0 radical (unpaired) electrons. The molecule has 3 heterocycles. The van der Waals surface area contributed by atoms with Gasteiger partial charge in [0.15, 0.2) is 17.5 Å². The number of rotatable bonds is 6. The van der Waals surface area contributed by atoms with Crippen molar-refractivity contribution in [3.8, 4) is 56.7 Å². The second kappa shape index (κ2) is 13.9. The molecule has 11 rings (SSSR count). The molecule has 3 aromatic heterocycles. The van der Waals surface area contributed by atoms with Gasteiger partial charge in [0.2, 0.25) is 0 Å². The third-order valence-corrected chi connectivity index (χ3v) is 11.2. The summed E-state index contributed by atoms with van der Waals surface area (Å²) >= 11 is 0. The Bertz CT molecular complexity index is 3260. The zero-order valence-electron chi connectivity index (χ0n) is 31.8. The van der Waals surface area contributed by atoms with Gasteiger partial charge in [-0.2, -0.15) is 13.2 Å². The zero-order chi connectivity index (χ0) is 40.4. The van der Waals surface area contributed by atoms with E-state index in [0.717, 1.165) is 49.4 Å². The van der Waals surface area contributed by atoms with Crippen LogP contribution in [-0.4, -0.2) is 24.1 Å². The van der Waals surface area contributed by atoms with E-state index in [1.807, 2.05) is 146 Å². The molecule has 60 heavy (non-hydrogen) atoms. The van der Waals surface area contributed by atoms with Crippen molar-refractivity contribution in [3.05, 3.63) is 200 Å². The van der Waals surface area contributed by atoms with Crippen LogP contribution < -0.4 is 0 Å². The minimum Gasteiger partial charge on any atom is -0.309 e. The summed E-state index contributed by atoms with van der Waals surface area (Å²) in [5, 5.41) is 3.87. The Labute approximate surface area is 342 Å². The number of aromatic nitrogens is 5. The monoisotopic (exact) mass is 783 g/mol. The Morgan fingerprint density at radius 1 is 0.350 bits per heavy atom. The smallest absolute Gasteiger partial charge is 0.309 e. The van der Waals surface area contributed by atoms with Crippen molar-refractivity contribution in [1.29, 1.82) is 0 Å². The van der Waals surface area contributed by atoms with Gasteiger partial charge in [-0.1, -0.05) is 152 Å². The second-order valence-corrected chi connectivity index (χ2v) is 14.7. The highest BCUT2D eigenvalue weighted by Crippen LogP contribution is 2.46. The molecule has 0 spiro atoms. The first-order chi connectivity index (χ1) is 29.4. The maximum absolute atomic E-state index is 16.1. The minimum atomic E-state index is -4.76. The summed E-state index contributed by atoms with van der Waals surface area (Å²) in [6.07, 6.45) is -4.76. The minimum absolute atomic E-state index is 0.00793. The molecule has 0 N–H and O–H groups in total. The fraction of sp³-hybridized carbons (Fsp3) is 0.0192. The highest BCUT2D eigenvalue weighted by molar-refractivity contribution is 6.10. The van der Waals surface area contributed by atoms with Crippen molar-refractivity contribution in [1.82, 2.24) is 24.1 Å². The van der Waals surface area contributed by atoms with Crippen LogP contribution in [0, 0.1) is 0 Å². The number of alkyl halides is 3. The SMILES string of the molecule is FC(F)(F)c1c(-c2ccc(-n3c4ccccc4c4ccccc43)cc2-c2nc(-c3ccccc3)nc(-c3ccccc3)n2)cccc1-n1c2ccccc2c2ccccc21. The molecule has 5 nitrogen and oxygen atoms in total. The fourth-order valence-electron chi connectivity index (χ4n) is 8.65. The summed E-state index contributed by atoms with van der Waals surface area (Å²) in [6.45, 7) is 0. The predicted octanol–water partition coefficient (Wildman–Crippen LogP) is 13.8. The number of para-hydroxylation sites is 4. The lowest BCUT2D eigenvalue weighted by Crippen LogP contribution is -2.13. The van der Waals surface area contributed by atoms with Crippen molar-refractivity contribution >= 4 is 43.6 Å². The number of fused-ring (bicyclic) bond motifs is 6. The summed E-state index contributed by atoms with van der Waals surface area (Å²) in [4.78, 5) is 15.0. The van der Waals surface area contributed by atoms with Crippen LogP contribution in [0.25, 0.3) is 100 Å². The van der Waals surface area contributed by atoms with E-state index in [2.05, 4.69) is 28.8 Å². The van der Waals surface area contributed by atoms with Crippen LogP contribution in [0.1, 0.15) is 5.56 Å². The predicted molar refractivity (Wildman–Crippen MR) is 235 cm³/mol. The number of hydrogen-bond acceptors (Lipinski definition) is 3. The van der Waals surface area contributed by atoms with E-state index < -0.39 is 11.7 Å². The molecule has 0 atom stereocenters. The quantitative estimate of drug-likeness (QED) is 0.169.